The summed E-state index contributed by atoms with van der Waals surface area (Å²) in [5.74, 6) is -2.72. The summed E-state index contributed by atoms with van der Waals surface area (Å²) in [6.45, 7) is 4.95. The molecule has 0 rings (SSSR count). The molecule has 0 heterocycles. The highest BCUT2D eigenvalue weighted by Gasteiger charge is 2.27. The molecule has 0 aromatic heterocycles. The molecule has 6 nitrogen and oxygen atoms in total. The van der Waals surface area contributed by atoms with Gasteiger partial charge in [0, 0.05) is 11.8 Å². The molecule has 6 heteroatoms. The SMILES string of the molecule is CC(C)(C)C(=O)N[C@@H](CCC(=O)O)C(=O)O. The van der Waals surface area contributed by atoms with E-state index in [1.165, 1.54) is 0 Å². The zero-order chi connectivity index (χ0) is 12.9. The van der Waals surface area contributed by atoms with Crippen LogP contribution < -0.4 is 5.32 Å². The van der Waals surface area contributed by atoms with Crippen molar-refractivity contribution in [3.05, 3.63) is 0 Å². The molecule has 0 aliphatic carbocycles. The summed E-state index contributed by atoms with van der Waals surface area (Å²) in [7, 11) is 0. The van der Waals surface area contributed by atoms with Crippen molar-refractivity contribution in [1.29, 1.82) is 0 Å². The van der Waals surface area contributed by atoms with Crippen LogP contribution in [0, 0.1) is 5.41 Å². The van der Waals surface area contributed by atoms with Gasteiger partial charge in [0.2, 0.25) is 5.91 Å². The first kappa shape index (κ1) is 14.4. The van der Waals surface area contributed by atoms with E-state index >= 15 is 0 Å². The van der Waals surface area contributed by atoms with Crippen LogP contribution >= 0.6 is 0 Å². The lowest BCUT2D eigenvalue weighted by molar-refractivity contribution is -0.144. The molecular weight excluding hydrogens is 214 g/mol. The van der Waals surface area contributed by atoms with Gasteiger partial charge < -0.3 is 15.5 Å². The van der Waals surface area contributed by atoms with E-state index < -0.39 is 29.3 Å². The monoisotopic (exact) mass is 231 g/mol. The minimum absolute atomic E-state index is 0.119. The molecule has 0 saturated carbocycles. The molecule has 0 saturated heterocycles. The van der Waals surface area contributed by atoms with Gasteiger partial charge in [-0.25, -0.2) is 4.79 Å². The Kier molecular flexibility index (Phi) is 4.94. The van der Waals surface area contributed by atoms with Crippen LogP contribution in [-0.2, 0) is 14.4 Å². The lowest BCUT2D eigenvalue weighted by atomic mass is 9.95. The van der Waals surface area contributed by atoms with Gasteiger partial charge >= 0.3 is 11.9 Å². The lowest BCUT2D eigenvalue weighted by Crippen LogP contribution is -2.45. The fraction of sp³-hybridized carbons (Fsp3) is 0.700. The molecule has 16 heavy (non-hydrogen) atoms. The van der Waals surface area contributed by atoms with Gasteiger partial charge in [0.25, 0.3) is 0 Å². The number of aliphatic carboxylic acids is 2. The Hall–Kier alpha value is -1.59. The topological polar surface area (TPSA) is 104 Å². The molecule has 0 aliphatic heterocycles. The van der Waals surface area contributed by atoms with Crippen LogP contribution in [0.5, 0.6) is 0 Å². The second kappa shape index (κ2) is 5.48. The molecule has 0 aliphatic rings. The quantitative estimate of drug-likeness (QED) is 0.638. The normalized spacial score (nSPS) is 12.9. The number of carboxylic acid groups (broad SMARTS) is 2. The van der Waals surface area contributed by atoms with Gasteiger partial charge in [-0.3, -0.25) is 9.59 Å². The van der Waals surface area contributed by atoms with E-state index in [2.05, 4.69) is 5.32 Å². The van der Waals surface area contributed by atoms with E-state index in [0.29, 0.717) is 0 Å². The number of carboxylic acids is 2. The fourth-order valence-corrected chi connectivity index (χ4v) is 0.900. The van der Waals surface area contributed by atoms with Crippen LogP contribution in [0.2, 0.25) is 0 Å². The Morgan fingerprint density at radius 3 is 2.00 bits per heavy atom. The minimum Gasteiger partial charge on any atom is -0.481 e. The number of hydrogen-bond acceptors (Lipinski definition) is 3. The highest BCUT2D eigenvalue weighted by Crippen LogP contribution is 2.13. The minimum atomic E-state index is -1.22. The van der Waals surface area contributed by atoms with E-state index in [1.54, 1.807) is 20.8 Å². The van der Waals surface area contributed by atoms with Gasteiger partial charge in [-0.05, 0) is 6.42 Å². The zero-order valence-electron chi connectivity index (χ0n) is 9.61. The van der Waals surface area contributed by atoms with Crippen molar-refractivity contribution in [2.45, 2.75) is 39.7 Å². The van der Waals surface area contributed by atoms with Gasteiger partial charge in [0.15, 0.2) is 0 Å². The lowest BCUT2D eigenvalue weighted by Gasteiger charge is -2.21. The van der Waals surface area contributed by atoms with Crippen molar-refractivity contribution in [2.24, 2.45) is 5.41 Å². The maximum absolute atomic E-state index is 11.5. The molecule has 0 fully saturated rings. The Morgan fingerprint density at radius 1 is 1.19 bits per heavy atom. The van der Waals surface area contributed by atoms with Crippen LogP contribution in [0.1, 0.15) is 33.6 Å². The van der Waals surface area contributed by atoms with Gasteiger partial charge in [-0.2, -0.15) is 0 Å². The Morgan fingerprint density at radius 2 is 1.69 bits per heavy atom. The molecular formula is C10H17NO5. The van der Waals surface area contributed by atoms with Gasteiger partial charge in [0.1, 0.15) is 6.04 Å². The standard InChI is InChI=1S/C10H17NO5/c1-10(2,3)9(16)11-6(8(14)15)4-5-7(12)13/h6H,4-5H2,1-3H3,(H,11,16)(H,12,13)(H,14,15)/t6-/m0/s1. The third-order valence-electron chi connectivity index (χ3n) is 1.93. The third-order valence-corrected chi connectivity index (χ3v) is 1.93. The summed E-state index contributed by atoms with van der Waals surface area (Å²) < 4.78 is 0. The Labute approximate surface area is 93.6 Å². The first-order valence-electron chi connectivity index (χ1n) is 4.90. The number of nitrogens with one attached hydrogen (secondary N) is 1. The molecule has 0 aromatic carbocycles. The van der Waals surface area contributed by atoms with E-state index in [9.17, 15) is 14.4 Å². The van der Waals surface area contributed by atoms with Crippen molar-refractivity contribution in [3.63, 3.8) is 0 Å². The molecule has 0 aromatic rings. The summed E-state index contributed by atoms with van der Waals surface area (Å²) in [6.07, 6.45) is -0.409. The number of carbonyl (C=O) groups excluding carboxylic acids is 1. The van der Waals surface area contributed by atoms with Gasteiger partial charge in [-0.1, -0.05) is 20.8 Å². The van der Waals surface area contributed by atoms with E-state index in [1.807, 2.05) is 0 Å². The predicted octanol–water partition coefficient (Wildman–Crippen LogP) is 0.467. The van der Waals surface area contributed by atoms with Crippen LogP contribution in [0.25, 0.3) is 0 Å². The van der Waals surface area contributed by atoms with Crippen LogP contribution in [0.3, 0.4) is 0 Å². The zero-order valence-corrected chi connectivity index (χ0v) is 9.61. The average molecular weight is 231 g/mol. The van der Waals surface area contributed by atoms with E-state index in [-0.39, 0.29) is 12.8 Å². The maximum Gasteiger partial charge on any atom is 0.326 e. The Bertz CT molecular complexity index is 292. The van der Waals surface area contributed by atoms with Crippen molar-refractivity contribution in [3.8, 4) is 0 Å². The van der Waals surface area contributed by atoms with Gasteiger partial charge in [0.05, 0.1) is 0 Å². The number of hydrogen-bond donors (Lipinski definition) is 3. The predicted molar refractivity (Wildman–Crippen MR) is 55.9 cm³/mol. The van der Waals surface area contributed by atoms with Crippen molar-refractivity contribution < 1.29 is 24.6 Å². The summed E-state index contributed by atoms with van der Waals surface area (Å²) in [6, 6.07) is -1.15. The largest absolute Gasteiger partial charge is 0.481 e. The molecule has 0 unspecified atom stereocenters. The average Bonchev–Trinajstić information content (AvgIpc) is 2.09. The second-order valence-electron chi connectivity index (χ2n) is 4.55. The maximum atomic E-state index is 11.5. The molecule has 0 spiro atoms. The van der Waals surface area contributed by atoms with Crippen LogP contribution in [0.15, 0.2) is 0 Å². The first-order chi connectivity index (χ1) is 7.14. The number of carbonyl (C=O) groups is 3. The van der Waals surface area contributed by atoms with Crippen LogP contribution in [0.4, 0.5) is 0 Å². The molecule has 92 valence electrons. The van der Waals surface area contributed by atoms with Crippen molar-refractivity contribution in [1.82, 2.24) is 5.32 Å². The molecule has 1 atom stereocenters. The smallest absolute Gasteiger partial charge is 0.326 e. The van der Waals surface area contributed by atoms with Gasteiger partial charge in [-0.15, -0.1) is 0 Å². The summed E-state index contributed by atoms with van der Waals surface area (Å²) >= 11 is 0. The van der Waals surface area contributed by atoms with Crippen molar-refractivity contribution in [2.75, 3.05) is 0 Å². The summed E-state index contributed by atoms with van der Waals surface area (Å²) in [5.41, 5.74) is -0.697. The van der Waals surface area contributed by atoms with Crippen molar-refractivity contribution >= 4 is 17.8 Å². The third kappa shape index (κ3) is 5.33. The summed E-state index contributed by atoms with van der Waals surface area (Å²) in [4.78, 5) is 32.6. The first-order valence-corrected chi connectivity index (χ1v) is 4.90. The molecule has 0 radical (unpaired) electrons. The Balaban J connectivity index is 4.41. The molecule has 3 N–H and O–H groups in total. The van der Waals surface area contributed by atoms with E-state index in [4.69, 9.17) is 10.2 Å². The number of amides is 1. The highest BCUT2D eigenvalue weighted by atomic mass is 16.4. The molecule has 0 bridgehead atoms. The second-order valence-corrected chi connectivity index (χ2v) is 4.55. The fourth-order valence-electron chi connectivity index (χ4n) is 0.900. The van der Waals surface area contributed by atoms with Crippen LogP contribution in [-0.4, -0.2) is 34.1 Å². The summed E-state index contributed by atoms with van der Waals surface area (Å²) in [5, 5.41) is 19.5. The number of rotatable bonds is 5. The molecule has 1 amide bonds. The van der Waals surface area contributed by atoms with E-state index in [0.717, 1.165) is 0 Å². The highest BCUT2D eigenvalue weighted by molar-refractivity contribution is 5.86.